The molecule has 84 valence electrons. The molecule has 0 aliphatic heterocycles. The highest BCUT2D eigenvalue weighted by Crippen LogP contribution is 2.25. The van der Waals surface area contributed by atoms with E-state index in [9.17, 15) is 0 Å². The lowest BCUT2D eigenvalue weighted by atomic mass is 9.99. The van der Waals surface area contributed by atoms with Crippen molar-refractivity contribution in [1.82, 2.24) is 0 Å². The summed E-state index contributed by atoms with van der Waals surface area (Å²) in [5, 5.41) is 0. The summed E-state index contributed by atoms with van der Waals surface area (Å²) in [4.78, 5) is 0. The number of aryl methyl sites for hydroxylation is 3. The van der Waals surface area contributed by atoms with E-state index in [0.29, 0.717) is 0 Å². The van der Waals surface area contributed by atoms with Crippen LogP contribution in [0.2, 0.25) is 0 Å². The largest absolute Gasteiger partial charge is 0.494 e. The van der Waals surface area contributed by atoms with Gasteiger partial charge in [-0.1, -0.05) is 26.3 Å². The van der Waals surface area contributed by atoms with Crippen molar-refractivity contribution < 1.29 is 4.74 Å². The van der Waals surface area contributed by atoms with Gasteiger partial charge in [0.1, 0.15) is 5.75 Å². The van der Waals surface area contributed by atoms with E-state index in [4.69, 9.17) is 4.74 Å². The first-order valence-corrected chi connectivity index (χ1v) is 5.98. The summed E-state index contributed by atoms with van der Waals surface area (Å²) in [5.74, 6) is 1.08. The minimum absolute atomic E-state index is 0.752. The first-order valence-electron chi connectivity index (χ1n) is 5.98. The van der Waals surface area contributed by atoms with Crippen molar-refractivity contribution in [2.45, 2.75) is 47.0 Å². The van der Waals surface area contributed by atoms with Crippen LogP contribution in [0.5, 0.6) is 5.75 Å². The maximum Gasteiger partial charge on any atom is 0.122 e. The topological polar surface area (TPSA) is 9.23 Å². The molecule has 0 fully saturated rings. The Kier molecular flexibility index (Phi) is 4.67. The molecule has 0 bridgehead atoms. The molecule has 0 heterocycles. The van der Waals surface area contributed by atoms with Crippen molar-refractivity contribution in [2.75, 3.05) is 6.61 Å². The Labute approximate surface area is 93.5 Å². The number of rotatable bonds is 5. The van der Waals surface area contributed by atoms with Crippen LogP contribution in [0.4, 0.5) is 0 Å². The fourth-order valence-electron chi connectivity index (χ4n) is 1.89. The molecule has 1 nitrogen and oxygen atoms in total. The van der Waals surface area contributed by atoms with Gasteiger partial charge in [-0.15, -0.1) is 0 Å². The van der Waals surface area contributed by atoms with E-state index in [-0.39, 0.29) is 0 Å². The van der Waals surface area contributed by atoms with Crippen molar-refractivity contribution in [3.8, 4) is 5.75 Å². The van der Waals surface area contributed by atoms with Crippen LogP contribution in [0.1, 0.15) is 43.9 Å². The van der Waals surface area contributed by atoms with Crippen molar-refractivity contribution in [3.05, 3.63) is 28.8 Å². The number of benzene rings is 1. The molecule has 1 rings (SSSR count). The number of hydrogen-bond donors (Lipinski definition) is 0. The van der Waals surface area contributed by atoms with Crippen LogP contribution < -0.4 is 4.74 Å². The molecule has 0 unspecified atom stereocenters. The highest BCUT2D eigenvalue weighted by atomic mass is 16.5. The molecule has 0 aliphatic carbocycles. The average molecular weight is 206 g/mol. The zero-order valence-electron chi connectivity index (χ0n) is 10.4. The molecule has 0 aliphatic rings. The molecular weight excluding hydrogens is 184 g/mol. The third-order valence-electron chi connectivity index (χ3n) is 2.72. The minimum Gasteiger partial charge on any atom is -0.494 e. The monoisotopic (exact) mass is 206 g/mol. The van der Waals surface area contributed by atoms with Crippen LogP contribution in [0.25, 0.3) is 0 Å². The Bertz CT molecular complexity index is 315. The molecule has 1 heteroatoms. The summed E-state index contributed by atoms with van der Waals surface area (Å²) in [5.41, 5.74) is 4.16. The fraction of sp³-hybridized carbons (Fsp3) is 0.571. The fourth-order valence-corrected chi connectivity index (χ4v) is 1.89. The Balaban J connectivity index is 3.05. The second-order valence-corrected chi connectivity index (χ2v) is 3.92. The van der Waals surface area contributed by atoms with Crippen molar-refractivity contribution in [3.63, 3.8) is 0 Å². The summed E-state index contributed by atoms with van der Waals surface area (Å²) in [6, 6.07) is 4.50. The van der Waals surface area contributed by atoms with Gasteiger partial charge in [0.15, 0.2) is 0 Å². The predicted octanol–water partition coefficient (Wildman–Crippen LogP) is 3.91. The van der Waals surface area contributed by atoms with Crippen LogP contribution >= 0.6 is 0 Å². The molecule has 15 heavy (non-hydrogen) atoms. The lowest BCUT2D eigenvalue weighted by molar-refractivity contribution is 0.336. The second-order valence-electron chi connectivity index (χ2n) is 3.92. The normalized spacial score (nSPS) is 10.4. The summed E-state index contributed by atoms with van der Waals surface area (Å²) in [6.45, 7) is 9.38. The van der Waals surface area contributed by atoms with Gasteiger partial charge in [-0.3, -0.25) is 0 Å². The average Bonchev–Trinajstić information content (AvgIpc) is 2.23. The summed E-state index contributed by atoms with van der Waals surface area (Å²) < 4.78 is 5.67. The Morgan fingerprint density at radius 1 is 1.07 bits per heavy atom. The number of hydrogen-bond acceptors (Lipinski definition) is 1. The molecule has 0 spiro atoms. The van der Waals surface area contributed by atoms with Crippen LogP contribution in [0, 0.1) is 6.92 Å². The number of ether oxygens (including phenoxy) is 1. The predicted molar refractivity (Wildman–Crippen MR) is 65.7 cm³/mol. The molecule has 0 saturated carbocycles. The van der Waals surface area contributed by atoms with E-state index >= 15 is 0 Å². The van der Waals surface area contributed by atoms with Gasteiger partial charge in [-0.25, -0.2) is 0 Å². The molecule has 0 radical (unpaired) electrons. The highest BCUT2D eigenvalue weighted by Gasteiger charge is 2.06. The molecular formula is C14H22O. The zero-order chi connectivity index (χ0) is 11.3. The molecule has 0 saturated heterocycles. The van der Waals surface area contributed by atoms with E-state index in [0.717, 1.165) is 25.2 Å². The summed E-state index contributed by atoms with van der Waals surface area (Å²) in [6.07, 6.45) is 3.39. The van der Waals surface area contributed by atoms with E-state index in [1.165, 1.54) is 23.1 Å². The van der Waals surface area contributed by atoms with Gasteiger partial charge in [-0.05, 0) is 49.4 Å². The van der Waals surface area contributed by atoms with Crippen LogP contribution in [-0.4, -0.2) is 6.61 Å². The maximum absolute atomic E-state index is 5.67. The smallest absolute Gasteiger partial charge is 0.122 e. The van der Waals surface area contributed by atoms with Gasteiger partial charge in [0.2, 0.25) is 0 Å². The Morgan fingerprint density at radius 3 is 2.33 bits per heavy atom. The lowest BCUT2D eigenvalue weighted by Crippen LogP contribution is -1.99. The van der Waals surface area contributed by atoms with Gasteiger partial charge >= 0.3 is 0 Å². The van der Waals surface area contributed by atoms with Crippen molar-refractivity contribution in [2.24, 2.45) is 0 Å². The summed E-state index contributed by atoms with van der Waals surface area (Å²) in [7, 11) is 0. The Morgan fingerprint density at radius 2 is 1.80 bits per heavy atom. The highest BCUT2D eigenvalue weighted by molar-refractivity contribution is 5.42. The molecule has 0 atom stereocenters. The van der Waals surface area contributed by atoms with Gasteiger partial charge in [0, 0.05) is 0 Å². The molecule has 1 aromatic rings. The van der Waals surface area contributed by atoms with Gasteiger partial charge in [-0.2, -0.15) is 0 Å². The molecule has 0 amide bonds. The minimum atomic E-state index is 0.752. The van der Waals surface area contributed by atoms with Gasteiger partial charge in [0.05, 0.1) is 6.61 Å². The molecule has 1 aromatic carbocycles. The van der Waals surface area contributed by atoms with Crippen LogP contribution in [0.3, 0.4) is 0 Å². The Hall–Kier alpha value is -0.980. The second kappa shape index (κ2) is 5.79. The van der Waals surface area contributed by atoms with E-state index in [2.05, 4.69) is 32.9 Å². The van der Waals surface area contributed by atoms with E-state index in [1.807, 2.05) is 6.92 Å². The zero-order valence-corrected chi connectivity index (χ0v) is 10.4. The summed E-state index contributed by atoms with van der Waals surface area (Å²) >= 11 is 0. The molecule has 0 N–H and O–H groups in total. The third kappa shape index (κ3) is 2.98. The van der Waals surface area contributed by atoms with E-state index < -0.39 is 0 Å². The quantitative estimate of drug-likeness (QED) is 0.709. The standard InChI is InChI=1S/C14H22O/c1-5-8-13-10-14(15-7-3)12(6-2)9-11(13)4/h9-10H,5-8H2,1-4H3. The third-order valence-corrected chi connectivity index (χ3v) is 2.72. The van der Waals surface area contributed by atoms with Gasteiger partial charge in [0.25, 0.3) is 0 Å². The first-order chi connectivity index (χ1) is 7.22. The lowest BCUT2D eigenvalue weighted by Gasteiger charge is -2.13. The maximum atomic E-state index is 5.67. The molecule has 0 aromatic heterocycles. The van der Waals surface area contributed by atoms with Crippen molar-refractivity contribution >= 4 is 0 Å². The van der Waals surface area contributed by atoms with E-state index in [1.54, 1.807) is 0 Å². The van der Waals surface area contributed by atoms with Crippen molar-refractivity contribution in [1.29, 1.82) is 0 Å². The van der Waals surface area contributed by atoms with Crippen LogP contribution in [0.15, 0.2) is 12.1 Å². The SMILES string of the molecule is CCCc1cc(OCC)c(CC)cc1C. The van der Waals surface area contributed by atoms with Crippen LogP contribution in [-0.2, 0) is 12.8 Å². The van der Waals surface area contributed by atoms with Gasteiger partial charge < -0.3 is 4.74 Å². The first kappa shape index (κ1) is 12.1.